The van der Waals surface area contributed by atoms with Gasteiger partial charge in [0.05, 0.1) is 13.2 Å². The maximum Gasteiger partial charge on any atom is 0.343 e. The van der Waals surface area contributed by atoms with Gasteiger partial charge in [0.2, 0.25) is 0 Å². The Balaban J connectivity index is 2.14. The van der Waals surface area contributed by atoms with Gasteiger partial charge in [-0.15, -0.1) is 0 Å². The molecule has 128 valence electrons. The quantitative estimate of drug-likeness (QED) is 0.702. The van der Waals surface area contributed by atoms with Crippen LogP contribution in [-0.2, 0) is 31.6 Å². The maximum absolute atomic E-state index is 13.2. The van der Waals surface area contributed by atoms with Crippen LogP contribution in [0.2, 0.25) is 0 Å². The van der Waals surface area contributed by atoms with E-state index in [-0.39, 0.29) is 25.5 Å². The molecule has 0 aliphatic heterocycles. The molecule has 0 radical (unpaired) electrons. The first-order chi connectivity index (χ1) is 11.5. The molecule has 0 saturated carbocycles. The fourth-order valence-electron chi connectivity index (χ4n) is 2.21. The predicted molar refractivity (Wildman–Crippen MR) is 93.6 cm³/mol. The fourth-order valence-corrected chi connectivity index (χ4v) is 4.01. The lowest BCUT2D eigenvalue weighted by atomic mass is 10.2. The van der Waals surface area contributed by atoms with Crippen LogP contribution in [0.1, 0.15) is 18.1 Å². The van der Waals surface area contributed by atoms with Crippen molar-refractivity contribution in [3.63, 3.8) is 0 Å². The molecule has 0 spiro atoms. The topological polar surface area (TPSA) is 78.6 Å². The molecular weight excluding hydrogens is 325 g/mol. The molecule has 0 aliphatic carbocycles. The Labute approximate surface area is 142 Å². The number of Topliss-reactive ketones (excluding diaryl/α,β-unsaturated/α-hetero) is 1. The molecule has 0 amide bonds. The smallest absolute Gasteiger partial charge is 0.329 e. The van der Waals surface area contributed by atoms with Crippen LogP contribution in [0.15, 0.2) is 60.7 Å². The Hall–Kier alpha value is -1.78. The highest BCUT2D eigenvalue weighted by Gasteiger charge is 2.38. The van der Waals surface area contributed by atoms with E-state index in [1.807, 2.05) is 60.7 Å². The lowest BCUT2D eigenvalue weighted by Crippen LogP contribution is -2.29. The van der Waals surface area contributed by atoms with Gasteiger partial charge in [-0.2, -0.15) is 0 Å². The summed E-state index contributed by atoms with van der Waals surface area (Å²) < 4.78 is 24.4. The maximum atomic E-state index is 13.2. The average molecular weight is 347 g/mol. The molecule has 2 aromatic carbocycles. The summed E-state index contributed by atoms with van der Waals surface area (Å²) in [6, 6.07) is 18.6. The Morgan fingerprint density at radius 1 is 0.958 bits per heavy atom. The second kappa shape index (κ2) is 8.90. The first kappa shape index (κ1) is 18.6. The van der Waals surface area contributed by atoms with Crippen LogP contribution < -0.4 is 5.73 Å². The Kier molecular flexibility index (Phi) is 6.88. The highest BCUT2D eigenvalue weighted by atomic mass is 31.2. The van der Waals surface area contributed by atoms with E-state index in [4.69, 9.17) is 14.8 Å². The third-order valence-corrected chi connectivity index (χ3v) is 5.90. The van der Waals surface area contributed by atoms with E-state index in [1.165, 1.54) is 6.92 Å². The second-order valence-corrected chi connectivity index (χ2v) is 7.64. The minimum atomic E-state index is -3.69. The van der Waals surface area contributed by atoms with Crippen molar-refractivity contribution in [2.75, 3.05) is 6.54 Å². The number of carbonyl (C=O) groups is 1. The molecular formula is C18H22NO4P. The van der Waals surface area contributed by atoms with E-state index >= 15 is 0 Å². The summed E-state index contributed by atoms with van der Waals surface area (Å²) in [6.07, 6.45) is 0. The molecule has 1 unspecified atom stereocenters. The summed E-state index contributed by atoms with van der Waals surface area (Å²) in [5, 5.41) is 0. The van der Waals surface area contributed by atoms with Crippen LogP contribution in [0.3, 0.4) is 0 Å². The average Bonchev–Trinajstić information content (AvgIpc) is 2.60. The lowest BCUT2D eigenvalue weighted by Gasteiger charge is -2.24. The number of carbonyl (C=O) groups excluding carboxylic acids is 1. The zero-order valence-electron chi connectivity index (χ0n) is 13.6. The Morgan fingerprint density at radius 3 is 1.71 bits per heavy atom. The number of benzene rings is 2. The molecule has 0 bridgehead atoms. The molecule has 0 saturated heterocycles. The van der Waals surface area contributed by atoms with Gasteiger partial charge in [-0.05, 0) is 18.1 Å². The van der Waals surface area contributed by atoms with Gasteiger partial charge in [0.25, 0.3) is 0 Å². The predicted octanol–water partition coefficient (Wildman–Crippen LogP) is 3.53. The first-order valence-electron chi connectivity index (χ1n) is 7.72. The highest BCUT2D eigenvalue weighted by Crippen LogP contribution is 2.54. The summed E-state index contributed by atoms with van der Waals surface area (Å²) in [6.45, 7) is 1.45. The molecule has 2 rings (SSSR count). The van der Waals surface area contributed by atoms with E-state index in [0.29, 0.717) is 0 Å². The minimum Gasteiger partial charge on any atom is -0.329 e. The van der Waals surface area contributed by atoms with Crippen LogP contribution in [0.4, 0.5) is 0 Å². The van der Waals surface area contributed by atoms with Crippen LogP contribution in [0, 0.1) is 0 Å². The van der Waals surface area contributed by atoms with E-state index < -0.39 is 13.3 Å². The van der Waals surface area contributed by atoms with Gasteiger partial charge >= 0.3 is 7.60 Å². The highest BCUT2D eigenvalue weighted by molar-refractivity contribution is 7.55. The standard InChI is InChI=1S/C18H22NO4P/c1-15(20)18(12-19)24(21,22-13-16-8-4-2-5-9-16)23-14-17-10-6-3-7-11-17/h2-11,18H,12-14,19H2,1H3. The van der Waals surface area contributed by atoms with Crippen LogP contribution in [0.5, 0.6) is 0 Å². The molecule has 2 N–H and O–H groups in total. The Morgan fingerprint density at radius 2 is 1.38 bits per heavy atom. The summed E-state index contributed by atoms with van der Waals surface area (Å²) >= 11 is 0. The van der Waals surface area contributed by atoms with Crippen molar-refractivity contribution in [3.05, 3.63) is 71.8 Å². The SMILES string of the molecule is CC(=O)C(CN)P(=O)(OCc1ccccc1)OCc1ccccc1. The zero-order chi connectivity index (χ0) is 17.4. The van der Waals surface area contributed by atoms with Crippen molar-refractivity contribution in [1.29, 1.82) is 0 Å². The minimum absolute atomic E-state index is 0.0871. The van der Waals surface area contributed by atoms with Crippen LogP contribution in [0.25, 0.3) is 0 Å². The third kappa shape index (κ3) is 5.11. The molecule has 0 aliphatic rings. The number of ketones is 1. The Bertz CT molecular complexity index is 643. The van der Waals surface area contributed by atoms with E-state index in [0.717, 1.165) is 11.1 Å². The van der Waals surface area contributed by atoms with Gasteiger partial charge in [-0.3, -0.25) is 9.36 Å². The molecule has 5 nitrogen and oxygen atoms in total. The van der Waals surface area contributed by atoms with E-state index in [9.17, 15) is 9.36 Å². The molecule has 0 heterocycles. The van der Waals surface area contributed by atoms with Crippen molar-refractivity contribution >= 4 is 13.4 Å². The van der Waals surface area contributed by atoms with Crippen molar-refractivity contribution in [2.45, 2.75) is 25.8 Å². The molecule has 2 aromatic rings. The monoisotopic (exact) mass is 347 g/mol. The molecule has 6 heteroatoms. The molecule has 0 aromatic heterocycles. The van der Waals surface area contributed by atoms with Gasteiger partial charge in [-0.25, -0.2) is 0 Å². The van der Waals surface area contributed by atoms with Gasteiger partial charge in [-0.1, -0.05) is 60.7 Å². The third-order valence-electron chi connectivity index (χ3n) is 3.58. The number of nitrogens with two attached hydrogens (primary N) is 1. The molecule has 24 heavy (non-hydrogen) atoms. The largest absolute Gasteiger partial charge is 0.343 e. The van der Waals surface area contributed by atoms with Gasteiger partial charge in [0, 0.05) is 6.54 Å². The van der Waals surface area contributed by atoms with Gasteiger partial charge < -0.3 is 14.8 Å². The normalized spacial score (nSPS) is 12.8. The summed E-state index contributed by atoms with van der Waals surface area (Å²) in [4.78, 5) is 11.8. The fraction of sp³-hybridized carbons (Fsp3) is 0.278. The van der Waals surface area contributed by atoms with Crippen LogP contribution in [-0.4, -0.2) is 18.0 Å². The first-order valence-corrected chi connectivity index (χ1v) is 9.33. The summed E-state index contributed by atoms with van der Waals surface area (Å²) in [5.74, 6) is -0.304. The lowest BCUT2D eigenvalue weighted by molar-refractivity contribution is -0.116. The van der Waals surface area contributed by atoms with Gasteiger partial charge in [0.1, 0.15) is 11.4 Å². The van der Waals surface area contributed by atoms with Crippen molar-refractivity contribution < 1.29 is 18.4 Å². The number of rotatable bonds is 9. The second-order valence-electron chi connectivity index (χ2n) is 5.42. The van der Waals surface area contributed by atoms with Crippen LogP contribution >= 0.6 is 7.60 Å². The van der Waals surface area contributed by atoms with E-state index in [2.05, 4.69) is 0 Å². The number of hydrogen-bond donors (Lipinski definition) is 1. The van der Waals surface area contributed by atoms with Crippen molar-refractivity contribution in [3.8, 4) is 0 Å². The number of hydrogen-bond acceptors (Lipinski definition) is 5. The summed E-state index contributed by atoms with van der Waals surface area (Å²) in [7, 11) is -3.69. The molecule has 1 atom stereocenters. The zero-order valence-corrected chi connectivity index (χ0v) is 14.5. The van der Waals surface area contributed by atoms with Gasteiger partial charge in [0.15, 0.2) is 0 Å². The van der Waals surface area contributed by atoms with Crippen molar-refractivity contribution in [1.82, 2.24) is 0 Å². The summed E-state index contributed by atoms with van der Waals surface area (Å²) in [5.41, 5.74) is 6.37. The van der Waals surface area contributed by atoms with Crippen molar-refractivity contribution in [2.24, 2.45) is 5.73 Å². The molecule has 0 fully saturated rings. The van der Waals surface area contributed by atoms with E-state index in [1.54, 1.807) is 0 Å².